The van der Waals surface area contributed by atoms with E-state index in [0.29, 0.717) is 31.0 Å². The van der Waals surface area contributed by atoms with Crippen LogP contribution in [-0.2, 0) is 11.0 Å². The molecule has 1 spiro atoms. The number of anilines is 2. The average molecular weight is 524 g/mol. The van der Waals surface area contributed by atoms with Crippen LogP contribution in [-0.4, -0.2) is 52.1 Å². The Balaban J connectivity index is 1.38. The molecule has 3 aliphatic rings. The van der Waals surface area contributed by atoms with Crippen molar-refractivity contribution in [2.45, 2.75) is 49.9 Å². The Hall–Kier alpha value is -4.16. The van der Waals surface area contributed by atoms with Crippen LogP contribution in [0.15, 0.2) is 43.0 Å². The predicted molar refractivity (Wildman–Crippen MR) is 130 cm³/mol. The van der Waals surface area contributed by atoms with Gasteiger partial charge in [0.25, 0.3) is 5.91 Å². The molecule has 4 heterocycles. The minimum Gasteiger partial charge on any atom is -0.474 e. The van der Waals surface area contributed by atoms with Crippen LogP contribution >= 0.6 is 0 Å². The second kappa shape index (κ2) is 9.62. The first-order chi connectivity index (χ1) is 18.2. The summed E-state index contributed by atoms with van der Waals surface area (Å²) in [6.45, 7) is 5.97. The van der Waals surface area contributed by atoms with E-state index in [1.807, 2.05) is 0 Å². The van der Waals surface area contributed by atoms with Crippen molar-refractivity contribution in [3.63, 3.8) is 0 Å². The Bertz CT molecular complexity index is 1330. The minimum atomic E-state index is -4.81. The van der Waals surface area contributed by atoms with Gasteiger partial charge in [-0.3, -0.25) is 14.6 Å². The van der Waals surface area contributed by atoms with Gasteiger partial charge in [0.15, 0.2) is 5.69 Å². The van der Waals surface area contributed by atoms with Gasteiger partial charge in [0.2, 0.25) is 5.88 Å². The molecule has 2 aromatic heterocycles. The molecule has 0 atom stereocenters. The van der Waals surface area contributed by atoms with E-state index in [-0.39, 0.29) is 17.6 Å². The first-order valence-electron chi connectivity index (χ1n) is 12.2. The molecule has 3 fully saturated rings. The van der Waals surface area contributed by atoms with Crippen LogP contribution in [0.1, 0.15) is 43.4 Å². The summed E-state index contributed by atoms with van der Waals surface area (Å²) in [6.07, 6.45) is 1.18. The van der Waals surface area contributed by atoms with Crippen molar-refractivity contribution in [1.29, 1.82) is 10.5 Å². The predicted octanol–water partition coefficient (Wildman–Crippen LogP) is 3.98. The maximum absolute atomic E-state index is 13.6. The fourth-order valence-electron chi connectivity index (χ4n) is 5.29. The van der Waals surface area contributed by atoms with Crippen molar-refractivity contribution >= 4 is 17.3 Å². The highest BCUT2D eigenvalue weighted by Crippen LogP contribution is 2.50. The monoisotopic (exact) mass is 523 g/mol. The van der Waals surface area contributed by atoms with E-state index >= 15 is 0 Å². The van der Waals surface area contributed by atoms with Gasteiger partial charge in [-0.15, -0.1) is 0 Å². The van der Waals surface area contributed by atoms with E-state index in [1.54, 1.807) is 23.2 Å². The fraction of sp³-hybridized carbons (Fsp3) is 0.423. The topological polar surface area (TPSA) is 109 Å². The lowest BCUT2D eigenvalue weighted by atomic mass is 9.75. The van der Waals surface area contributed by atoms with Gasteiger partial charge in [-0.2, -0.15) is 23.7 Å². The second-order valence-corrected chi connectivity index (χ2v) is 9.58. The molecule has 5 rings (SSSR count). The van der Waals surface area contributed by atoms with Crippen molar-refractivity contribution in [1.82, 2.24) is 14.9 Å². The molecule has 0 bridgehead atoms. The van der Waals surface area contributed by atoms with Crippen LogP contribution in [0.2, 0.25) is 0 Å². The highest BCUT2D eigenvalue weighted by molar-refractivity contribution is 6.10. The highest BCUT2D eigenvalue weighted by atomic mass is 19.4. The smallest absolute Gasteiger partial charge is 0.419 e. The van der Waals surface area contributed by atoms with Crippen LogP contribution in [0, 0.1) is 22.7 Å². The van der Waals surface area contributed by atoms with Gasteiger partial charge >= 0.3 is 6.18 Å². The number of nitrogens with zero attached hydrogens (tertiary/aromatic N) is 7. The van der Waals surface area contributed by atoms with Gasteiger partial charge in [0, 0.05) is 19.2 Å². The van der Waals surface area contributed by atoms with Crippen molar-refractivity contribution in [3.05, 3.63) is 54.3 Å². The van der Waals surface area contributed by atoms with E-state index in [9.17, 15) is 18.0 Å². The fourth-order valence-corrected chi connectivity index (χ4v) is 5.29. The van der Waals surface area contributed by atoms with Gasteiger partial charge < -0.3 is 9.64 Å². The molecule has 0 unspecified atom stereocenters. The van der Waals surface area contributed by atoms with E-state index in [2.05, 4.69) is 27.5 Å². The quantitative estimate of drug-likeness (QED) is 0.542. The molecule has 1 aliphatic carbocycles. The van der Waals surface area contributed by atoms with E-state index < -0.39 is 28.9 Å². The third kappa shape index (κ3) is 4.31. The highest BCUT2D eigenvalue weighted by Gasteiger charge is 2.59. The van der Waals surface area contributed by atoms with Crippen LogP contribution in [0.25, 0.3) is 0 Å². The summed E-state index contributed by atoms with van der Waals surface area (Å²) in [5.41, 5.74) is -2.47. The lowest BCUT2D eigenvalue weighted by Crippen LogP contribution is -2.54. The average Bonchev–Trinajstić information content (AvgIpc) is 3.11. The van der Waals surface area contributed by atoms with Crippen molar-refractivity contribution in [2.24, 2.45) is 0 Å². The number of hydrogen-bond acceptors (Lipinski definition) is 8. The number of halogens is 3. The van der Waals surface area contributed by atoms with Gasteiger partial charge in [0.1, 0.15) is 23.5 Å². The van der Waals surface area contributed by atoms with Gasteiger partial charge in [-0.25, -0.2) is 9.97 Å². The summed E-state index contributed by atoms with van der Waals surface area (Å²) in [5.74, 6) is 0.224. The molecule has 12 heteroatoms. The second-order valence-electron chi connectivity index (χ2n) is 9.58. The number of nitriles is 2. The summed E-state index contributed by atoms with van der Waals surface area (Å²) in [5, 5.41) is 17.9. The number of likely N-dealkylation sites (tertiary alicyclic amines) is 1. The molecule has 2 aromatic rings. The molecule has 38 heavy (non-hydrogen) atoms. The van der Waals surface area contributed by atoms with Gasteiger partial charge in [-0.1, -0.05) is 6.58 Å². The molecule has 196 valence electrons. The number of aromatic nitrogens is 2. The lowest BCUT2D eigenvalue weighted by Gasteiger charge is -2.43. The standard InChI is InChI=1S/C26H24F3N7O2/c1-17-35(19-13-21(26(27,28)29)22(14-31)32-16-19)24(37)25(7-2-8-25)36(17)18-3-4-23(33-15-18)38-20-5-10-34(11-6-20)12-9-30/h3-4,13,15-16,20H,1-2,5-8,10-12H2. The number of ether oxygens (including phenoxy) is 1. The van der Waals surface area contributed by atoms with Crippen molar-refractivity contribution in [2.75, 3.05) is 29.4 Å². The largest absolute Gasteiger partial charge is 0.474 e. The first-order valence-corrected chi connectivity index (χ1v) is 12.2. The van der Waals surface area contributed by atoms with E-state index in [4.69, 9.17) is 15.3 Å². The molecule has 0 radical (unpaired) electrons. The normalized spacial score (nSPS) is 19.8. The molecule has 1 amide bonds. The Morgan fingerprint density at radius 2 is 1.84 bits per heavy atom. The molecular weight excluding hydrogens is 499 g/mol. The Morgan fingerprint density at radius 1 is 1.13 bits per heavy atom. The first kappa shape index (κ1) is 25.5. The molecule has 0 aromatic carbocycles. The molecular formula is C26H24F3N7O2. The third-order valence-corrected chi connectivity index (χ3v) is 7.36. The number of piperidine rings is 1. The van der Waals surface area contributed by atoms with Crippen LogP contribution in [0.5, 0.6) is 5.88 Å². The summed E-state index contributed by atoms with van der Waals surface area (Å²) in [7, 11) is 0. The van der Waals surface area contributed by atoms with Crippen molar-refractivity contribution in [3.8, 4) is 18.0 Å². The molecule has 1 saturated carbocycles. The summed E-state index contributed by atoms with van der Waals surface area (Å²) < 4.78 is 46.7. The van der Waals surface area contributed by atoms with Crippen LogP contribution in [0.3, 0.4) is 0 Å². The summed E-state index contributed by atoms with van der Waals surface area (Å²) in [4.78, 5) is 26.6. The number of carbonyl (C=O) groups excluding carboxylic acids is 1. The molecule has 2 aliphatic heterocycles. The number of amides is 1. The van der Waals surface area contributed by atoms with Gasteiger partial charge in [-0.05, 0) is 44.2 Å². The number of alkyl halides is 3. The number of rotatable bonds is 5. The third-order valence-electron chi connectivity index (χ3n) is 7.36. The zero-order valence-corrected chi connectivity index (χ0v) is 20.4. The molecule has 2 saturated heterocycles. The minimum absolute atomic E-state index is 0.0215. The maximum Gasteiger partial charge on any atom is 0.419 e. The molecule has 9 nitrogen and oxygen atoms in total. The molecule has 0 N–H and O–H groups in total. The summed E-state index contributed by atoms with van der Waals surface area (Å²) in [6, 6.07) is 7.83. The van der Waals surface area contributed by atoms with Crippen molar-refractivity contribution < 1.29 is 22.7 Å². The Kier molecular flexibility index (Phi) is 6.45. The van der Waals surface area contributed by atoms with Crippen LogP contribution in [0.4, 0.5) is 24.5 Å². The number of pyridine rings is 2. The van der Waals surface area contributed by atoms with E-state index in [1.165, 1.54) is 6.07 Å². The van der Waals surface area contributed by atoms with E-state index in [0.717, 1.165) is 49.5 Å². The Labute approximate surface area is 217 Å². The zero-order chi connectivity index (χ0) is 27.1. The lowest BCUT2D eigenvalue weighted by molar-refractivity contribution is -0.138. The maximum atomic E-state index is 13.6. The SMILES string of the molecule is C=C1N(c2cnc(C#N)c(C(F)(F)F)c2)C(=O)C2(CCC2)N1c1ccc(OC2CCN(CC#N)CC2)nc1. The number of carbonyl (C=O) groups is 1. The van der Waals surface area contributed by atoms with Crippen LogP contribution < -0.4 is 14.5 Å². The summed E-state index contributed by atoms with van der Waals surface area (Å²) >= 11 is 0. The Morgan fingerprint density at radius 3 is 2.39 bits per heavy atom. The number of hydrogen-bond donors (Lipinski definition) is 0. The zero-order valence-electron chi connectivity index (χ0n) is 20.4. The van der Waals surface area contributed by atoms with Gasteiger partial charge in [0.05, 0.1) is 41.9 Å².